The van der Waals surface area contributed by atoms with Gasteiger partial charge in [-0.05, 0) is 60.7 Å². The van der Waals surface area contributed by atoms with Crippen molar-refractivity contribution in [1.82, 2.24) is 38.6 Å². The van der Waals surface area contributed by atoms with Crippen LogP contribution in [-0.4, -0.2) is 38.6 Å². The van der Waals surface area contributed by atoms with E-state index in [-0.39, 0.29) is 0 Å². The van der Waals surface area contributed by atoms with Gasteiger partial charge in [0.05, 0.1) is 33.4 Å². The zero-order valence-corrected chi connectivity index (χ0v) is 30.4. The van der Waals surface area contributed by atoms with E-state index in [4.69, 9.17) is 24.9 Å². The molecule has 12 rings (SSSR count). The minimum absolute atomic E-state index is 0.534. The Hall–Kier alpha value is -7.97. The summed E-state index contributed by atoms with van der Waals surface area (Å²) in [6.45, 7) is 0. The molecular formula is C49H30N8. The molecule has 12 aromatic rings. The van der Waals surface area contributed by atoms with E-state index in [1.54, 1.807) is 0 Å². The number of rotatable bonds is 5. The van der Waals surface area contributed by atoms with Crippen LogP contribution in [0.3, 0.4) is 0 Å². The summed E-state index contributed by atoms with van der Waals surface area (Å²) in [4.78, 5) is 26.0. The van der Waals surface area contributed by atoms with Gasteiger partial charge in [0.2, 0.25) is 5.95 Å². The fraction of sp³-hybridized carbons (Fsp3) is 0. The van der Waals surface area contributed by atoms with E-state index in [1.807, 2.05) is 54.9 Å². The average molecular weight is 731 g/mol. The predicted octanol–water partition coefficient (Wildman–Crippen LogP) is 11.3. The monoisotopic (exact) mass is 730 g/mol. The molecule has 8 heteroatoms. The first-order valence-corrected chi connectivity index (χ1v) is 18.9. The number of aromatic nitrogens is 8. The van der Waals surface area contributed by atoms with Gasteiger partial charge in [-0.15, -0.1) is 0 Å². The minimum atomic E-state index is 0.534. The van der Waals surface area contributed by atoms with Crippen molar-refractivity contribution >= 4 is 65.7 Å². The lowest BCUT2D eigenvalue weighted by Crippen LogP contribution is -2.10. The third-order valence-corrected chi connectivity index (χ3v) is 11.0. The summed E-state index contributed by atoms with van der Waals surface area (Å²) in [5.74, 6) is 1.65. The van der Waals surface area contributed by atoms with Crippen LogP contribution in [-0.2, 0) is 0 Å². The molecule has 0 aliphatic carbocycles. The fourth-order valence-corrected chi connectivity index (χ4v) is 8.63. The van der Waals surface area contributed by atoms with Gasteiger partial charge < -0.3 is 0 Å². The van der Waals surface area contributed by atoms with E-state index in [1.165, 1.54) is 0 Å². The third kappa shape index (κ3) is 4.64. The number of nitrogens with zero attached hydrogens (tertiary/aromatic N) is 8. The van der Waals surface area contributed by atoms with Crippen LogP contribution in [0.4, 0.5) is 0 Å². The van der Waals surface area contributed by atoms with Gasteiger partial charge in [-0.2, -0.15) is 9.97 Å². The summed E-state index contributed by atoms with van der Waals surface area (Å²) >= 11 is 0. The molecule has 0 N–H and O–H groups in total. The molecule has 266 valence electrons. The molecule has 6 heterocycles. The zero-order chi connectivity index (χ0) is 37.5. The molecule has 6 aromatic heterocycles. The quantitative estimate of drug-likeness (QED) is 0.176. The topological polar surface area (TPSA) is 79.2 Å². The van der Waals surface area contributed by atoms with E-state index < -0.39 is 0 Å². The molecule has 0 atom stereocenters. The van der Waals surface area contributed by atoms with Crippen LogP contribution in [0.25, 0.3) is 106 Å². The highest BCUT2D eigenvalue weighted by Gasteiger charge is 2.26. The molecule has 0 saturated carbocycles. The maximum Gasteiger partial charge on any atom is 0.238 e. The van der Waals surface area contributed by atoms with Crippen LogP contribution in [0, 0.1) is 0 Å². The molecule has 0 aliphatic rings. The van der Waals surface area contributed by atoms with Crippen molar-refractivity contribution in [1.29, 1.82) is 0 Å². The van der Waals surface area contributed by atoms with Crippen molar-refractivity contribution in [3.8, 4) is 40.1 Å². The molecule has 0 saturated heterocycles. The second-order valence-electron chi connectivity index (χ2n) is 14.1. The molecule has 0 fully saturated rings. The average Bonchev–Trinajstić information content (AvgIpc) is 3.92. The summed E-state index contributed by atoms with van der Waals surface area (Å²) < 4.78 is 6.69. The first-order chi connectivity index (χ1) is 28.3. The van der Waals surface area contributed by atoms with Gasteiger partial charge in [-0.1, -0.05) is 109 Å². The van der Waals surface area contributed by atoms with E-state index >= 15 is 0 Å². The summed E-state index contributed by atoms with van der Waals surface area (Å²) in [5, 5.41) is 6.62. The number of hydrogen-bond acceptors (Lipinski definition) is 5. The van der Waals surface area contributed by atoms with Crippen LogP contribution in [0.1, 0.15) is 0 Å². The first-order valence-electron chi connectivity index (χ1n) is 18.9. The summed E-state index contributed by atoms with van der Waals surface area (Å²) in [7, 11) is 0. The van der Waals surface area contributed by atoms with Gasteiger partial charge in [0.15, 0.2) is 11.6 Å². The molecular weight excluding hydrogens is 701 g/mol. The maximum absolute atomic E-state index is 5.43. The molecule has 0 aliphatic heterocycles. The van der Waals surface area contributed by atoms with Crippen molar-refractivity contribution in [2.45, 2.75) is 0 Å². The van der Waals surface area contributed by atoms with Crippen molar-refractivity contribution < 1.29 is 0 Å². The smallest absolute Gasteiger partial charge is 0.238 e. The Morgan fingerprint density at radius 1 is 0.333 bits per heavy atom. The van der Waals surface area contributed by atoms with Crippen molar-refractivity contribution in [3.05, 3.63) is 182 Å². The Kier molecular flexibility index (Phi) is 6.76. The van der Waals surface area contributed by atoms with E-state index in [0.29, 0.717) is 17.6 Å². The number of benzene rings is 6. The number of para-hydroxylation sites is 5. The van der Waals surface area contributed by atoms with Crippen LogP contribution < -0.4 is 0 Å². The molecule has 0 unspecified atom stereocenters. The SMILES string of the molecule is c1ccc(-c2nc(-c3cccc(-n4c5ccccc5c5cccnc54)c3-n3c4ccccc4c4cccnc43)nc(-n3c4ccccc4c4ccccc43)n2)cc1. The van der Waals surface area contributed by atoms with Crippen LogP contribution in [0.15, 0.2) is 182 Å². The lowest BCUT2D eigenvalue weighted by Gasteiger charge is -2.20. The lowest BCUT2D eigenvalue weighted by atomic mass is 10.1. The standard InChI is InChI=1S/C49H30N8/c1-2-15-31(16-3-1)45-52-46(54-49(53-45)56-40-25-9-4-17-32(40)33-18-5-10-26-41(33)56)38-21-12-28-43(55-39-24-8-6-19-34(39)36-22-13-29-50-47(36)55)44(38)57-42-27-11-7-20-35(42)37-23-14-30-51-48(37)57/h1-30H. The van der Waals surface area contributed by atoms with Crippen LogP contribution >= 0.6 is 0 Å². The van der Waals surface area contributed by atoms with Gasteiger partial charge in [0, 0.05) is 55.8 Å². The Morgan fingerprint density at radius 3 is 1.42 bits per heavy atom. The number of fused-ring (bicyclic) bond motifs is 9. The summed E-state index contributed by atoms with van der Waals surface area (Å²) in [6, 6.07) is 58.6. The van der Waals surface area contributed by atoms with Gasteiger partial charge in [0.25, 0.3) is 0 Å². The van der Waals surface area contributed by atoms with Crippen molar-refractivity contribution in [2.75, 3.05) is 0 Å². The molecule has 0 spiro atoms. The second kappa shape index (κ2) is 12.3. The Morgan fingerprint density at radius 2 is 0.807 bits per heavy atom. The number of pyridine rings is 2. The Labute approximate surface area is 325 Å². The largest absolute Gasteiger partial charge is 0.292 e. The fourth-order valence-electron chi connectivity index (χ4n) is 8.63. The molecule has 0 radical (unpaired) electrons. The minimum Gasteiger partial charge on any atom is -0.292 e. The maximum atomic E-state index is 5.43. The van der Waals surface area contributed by atoms with Crippen molar-refractivity contribution in [3.63, 3.8) is 0 Å². The highest BCUT2D eigenvalue weighted by atomic mass is 15.2. The van der Waals surface area contributed by atoms with Crippen molar-refractivity contribution in [2.24, 2.45) is 0 Å². The van der Waals surface area contributed by atoms with Gasteiger partial charge in [-0.25, -0.2) is 15.0 Å². The highest BCUT2D eigenvalue weighted by molar-refractivity contribution is 6.11. The molecule has 6 aromatic carbocycles. The zero-order valence-electron chi connectivity index (χ0n) is 30.4. The highest BCUT2D eigenvalue weighted by Crippen LogP contribution is 2.41. The summed E-state index contributed by atoms with van der Waals surface area (Å²) in [5.41, 5.74) is 9.32. The number of hydrogen-bond donors (Lipinski definition) is 0. The van der Waals surface area contributed by atoms with Gasteiger partial charge in [-0.3, -0.25) is 13.7 Å². The molecule has 0 amide bonds. The normalized spacial score (nSPS) is 11.9. The Bertz CT molecular complexity index is 3380. The first kappa shape index (κ1) is 31.4. The van der Waals surface area contributed by atoms with E-state index in [0.717, 1.165) is 88.2 Å². The summed E-state index contributed by atoms with van der Waals surface area (Å²) in [6.07, 6.45) is 3.72. The van der Waals surface area contributed by atoms with E-state index in [9.17, 15) is 0 Å². The van der Waals surface area contributed by atoms with Crippen LogP contribution in [0.2, 0.25) is 0 Å². The molecule has 0 bridgehead atoms. The van der Waals surface area contributed by atoms with E-state index in [2.05, 4.69) is 141 Å². The van der Waals surface area contributed by atoms with Gasteiger partial charge in [0.1, 0.15) is 11.3 Å². The van der Waals surface area contributed by atoms with Gasteiger partial charge >= 0.3 is 0 Å². The third-order valence-electron chi connectivity index (χ3n) is 11.0. The second-order valence-corrected chi connectivity index (χ2v) is 14.1. The molecule has 57 heavy (non-hydrogen) atoms. The Balaban J connectivity index is 1.25. The van der Waals surface area contributed by atoms with Crippen LogP contribution in [0.5, 0.6) is 0 Å². The molecule has 8 nitrogen and oxygen atoms in total. The predicted molar refractivity (Wildman–Crippen MR) is 229 cm³/mol. The lowest BCUT2D eigenvalue weighted by molar-refractivity contribution is 0.950.